The second-order valence-corrected chi connectivity index (χ2v) is 4.39. The second-order valence-electron chi connectivity index (χ2n) is 4.39. The van der Waals surface area contributed by atoms with Crippen molar-refractivity contribution in [2.24, 2.45) is 0 Å². The first-order chi connectivity index (χ1) is 8.82. The Morgan fingerprint density at radius 1 is 1.47 bits per heavy atom. The number of anilines is 1. The van der Waals surface area contributed by atoms with Gasteiger partial charge >= 0.3 is 11.7 Å². The summed E-state index contributed by atoms with van der Waals surface area (Å²) < 4.78 is 0. The molecule has 0 aliphatic carbocycles. The van der Waals surface area contributed by atoms with Gasteiger partial charge < -0.3 is 15.5 Å². The zero-order valence-electron chi connectivity index (χ0n) is 10.7. The Hall–Kier alpha value is -2.15. The first-order valence-electron chi connectivity index (χ1n) is 5.78. The number of nitrogens with one attached hydrogen (secondary N) is 1. The average molecular weight is 268 g/mol. The standard InChI is InChI=1S/C12H16N2O5/c1-7(6-8(2)15)13-10-5-3-4-9(12(16)17)11(10)14(18)19/h3-5,7-8,13,15H,6H2,1-2H3,(H,16,17). The van der Waals surface area contributed by atoms with Gasteiger partial charge in [-0.15, -0.1) is 0 Å². The fourth-order valence-electron chi connectivity index (χ4n) is 1.87. The first-order valence-corrected chi connectivity index (χ1v) is 5.78. The highest BCUT2D eigenvalue weighted by atomic mass is 16.6. The van der Waals surface area contributed by atoms with Gasteiger partial charge in [-0.05, 0) is 32.4 Å². The minimum Gasteiger partial charge on any atom is -0.477 e. The van der Waals surface area contributed by atoms with E-state index in [1.165, 1.54) is 18.2 Å². The molecule has 1 rings (SSSR count). The maximum Gasteiger partial charge on any atom is 0.342 e. The SMILES string of the molecule is CC(O)CC(C)Nc1cccc(C(=O)O)c1[N+](=O)[O-]. The lowest BCUT2D eigenvalue weighted by Crippen LogP contribution is -2.21. The van der Waals surface area contributed by atoms with Crippen molar-refractivity contribution in [3.63, 3.8) is 0 Å². The molecule has 3 N–H and O–H groups in total. The molecule has 7 heteroatoms. The number of hydrogen-bond donors (Lipinski definition) is 3. The van der Waals surface area contributed by atoms with Crippen molar-refractivity contribution < 1.29 is 19.9 Å². The Bertz CT molecular complexity index is 487. The maximum absolute atomic E-state index is 11.0. The normalized spacial score (nSPS) is 13.6. The van der Waals surface area contributed by atoms with E-state index in [0.29, 0.717) is 6.42 Å². The molecular formula is C12H16N2O5. The molecule has 0 saturated carbocycles. The lowest BCUT2D eigenvalue weighted by Gasteiger charge is -2.17. The van der Waals surface area contributed by atoms with Crippen molar-refractivity contribution in [2.45, 2.75) is 32.4 Å². The van der Waals surface area contributed by atoms with Crippen molar-refractivity contribution in [3.05, 3.63) is 33.9 Å². The number of nitrogens with zero attached hydrogens (tertiary/aromatic N) is 1. The molecule has 0 radical (unpaired) electrons. The summed E-state index contributed by atoms with van der Waals surface area (Å²) >= 11 is 0. The quantitative estimate of drug-likeness (QED) is 0.536. The number of carboxylic acids is 1. The minimum absolute atomic E-state index is 0.137. The molecule has 1 aromatic carbocycles. The van der Waals surface area contributed by atoms with Crippen LogP contribution in [0, 0.1) is 10.1 Å². The van der Waals surface area contributed by atoms with Gasteiger partial charge in [0.15, 0.2) is 0 Å². The van der Waals surface area contributed by atoms with E-state index in [1.807, 2.05) is 0 Å². The molecule has 0 amide bonds. The van der Waals surface area contributed by atoms with Crippen LogP contribution >= 0.6 is 0 Å². The third-order valence-electron chi connectivity index (χ3n) is 2.55. The number of para-hydroxylation sites is 1. The van der Waals surface area contributed by atoms with Gasteiger partial charge in [0, 0.05) is 6.04 Å². The number of rotatable bonds is 6. The van der Waals surface area contributed by atoms with Gasteiger partial charge in [0.25, 0.3) is 0 Å². The van der Waals surface area contributed by atoms with Gasteiger partial charge in [0.05, 0.1) is 11.0 Å². The summed E-state index contributed by atoms with van der Waals surface area (Å²) in [7, 11) is 0. The molecular weight excluding hydrogens is 252 g/mol. The number of aliphatic hydroxyl groups is 1. The van der Waals surface area contributed by atoms with E-state index in [4.69, 9.17) is 5.11 Å². The van der Waals surface area contributed by atoms with Crippen LogP contribution in [0.3, 0.4) is 0 Å². The number of carboxylic acid groups (broad SMARTS) is 1. The van der Waals surface area contributed by atoms with Gasteiger partial charge in [-0.2, -0.15) is 0 Å². The number of nitro benzene ring substituents is 1. The van der Waals surface area contributed by atoms with E-state index < -0.39 is 22.7 Å². The van der Waals surface area contributed by atoms with E-state index in [2.05, 4.69) is 5.32 Å². The third-order valence-corrected chi connectivity index (χ3v) is 2.55. The summed E-state index contributed by atoms with van der Waals surface area (Å²) in [6.45, 7) is 3.37. The fourth-order valence-corrected chi connectivity index (χ4v) is 1.87. The number of aliphatic hydroxyl groups excluding tert-OH is 1. The van der Waals surface area contributed by atoms with Crippen LogP contribution in [0.25, 0.3) is 0 Å². The van der Waals surface area contributed by atoms with E-state index in [1.54, 1.807) is 13.8 Å². The van der Waals surface area contributed by atoms with Crippen LogP contribution in [0.2, 0.25) is 0 Å². The highest BCUT2D eigenvalue weighted by Gasteiger charge is 2.24. The predicted octanol–water partition coefficient (Wildman–Crippen LogP) is 1.86. The van der Waals surface area contributed by atoms with Crippen LogP contribution < -0.4 is 5.32 Å². The lowest BCUT2D eigenvalue weighted by atomic mass is 10.1. The number of carbonyl (C=O) groups is 1. The number of benzene rings is 1. The van der Waals surface area contributed by atoms with Crippen molar-refractivity contribution in [1.29, 1.82) is 0 Å². The molecule has 0 bridgehead atoms. The first kappa shape index (κ1) is 14.9. The van der Waals surface area contributed by atoms with Gasteiger partial charge in [0.1, 0.15) is 11.3 Å². The van der Waals surface area contributed by atoms with Gasteiger partial charge in [-0.25, -0.2) is 4.79 Å². The maximum atomic E-state index is 11.0. The molecule has 2 unspecified atom stereocenters. The molecule has 0 spiro atoms. The van der Waals surface area contributed by atoms with Crippen LogP contribution in [0.5, 0.6) is 0 Å². The molecule has 0 aliphatic rings. The van der Waals surface area contributed by atoms with E-state index in [-0.39, 0.29) is 17.3 Å². The molecule has 0 fully saturated rings. The number of nitro groups is 1. The van der Waals surface area contributed by atoms with Crippen molar-refractivity contribution >= 4 is 17.3 Å². The lowest BCUT2D eigenvalue weighted by molar-refractivity contribution is -0.384. The molecule has 0 heterocycles. The Morgan fingerprint density at radius 2 is 2.11 bits per heavy atom. The number of hydrogen-bond acceptors (Lipinski definition) is 5. The van der Waals surface area contributed by atoms with Gasteiger partial charge in [-0.1, -0.05) is 6.07 Å². The summed E-state index contributed by atoms with van der Waals surface area (Å²) in [6, 6.07) is 3.85. The molecule has 104 valence electrons. The summed E-state index contributed by atoms with van der Waals surface area (Å²) in [4.78, 5) is 21.3. The predicted molar refractivity (Wildman–Crippen MR) is 69.4 cm³/mol. The fraction of sp³-hybridized carbons (Fsp3) is 0.417. The Labute approximate surface area is 110 Å². The van der Waals surface area contributed by atoms with Crippen LogP contribution in [0.1, 0.15) is 30.6 Å². The highest BCUT2D eigenvalue weighted by Crippen LogP contribution is 2.29. The van der Waals surface area contributed by atoms with Crippen LogP contribution in [0.15, 0.2) is 18.2 Å². The van der Waals surface area contributed by atoms with Gasteiger partial charge in [0.2, 0.25) is 0 Å². The van der Waals surface area contributed by atoms with Crippen molar-refractivity contribution in [2.75, 3.05) is 5.32 Å². The number of aromatic carboxylic acids is 1. The Balaban J connectivity index is 3.10. The molecule has 0 aromatic heterocycles. The highest BCUT2D eigenvalue weighted by molar-refractivity contribution is 5.95. The molecule has 1 aromatic rings. The zero-order valence-corrected chi connectivity index (χ0v) is 10.7. The van der Waals surface area contributed by atoms with Crippen molar-refractivity contribution in [1.82, 2.24) is 0 Å². The Morgan fingerprint density at radius 3 is 2.58 bits per heavy atom. The van der Waals surface area contributed by atoms with E-state index in [0.717, 1.165) is 0 Å². The average Bonchev–Trinajstić information content (AvgIpc) is 2.26. The van der Waals surface area contributed by atoms with Crippen LogP contribution in [-0.2, 0) is 0 Å². The van der Waals surface area contributed by atoms with Crippen molar-refractivity contribution in [3.8, 4) is 0 Å². The summed E-state index contributed by atoms with van der Waals surface area (Å²) in [6.07, 6.45) is -0.154. The molecule has 0 aliphatic heterocycles. The molecule has 19 heavy (non-hydrogen) atoms. The second kappa shape index (κ2) is 6.14. The molecule has 2 atom stereocenters. The zero-order chi connectivity index (χ0) is 14.6. The Kier molecular flexibility index (Phi) is 4.82. The minimum atomic E-state index is -1.35. The van der Waals surface area contributed by atoms with Crippen LogP contribution in [-0.4, -0.2) is 33.3 Å². The van der Waals surface area contributed by atoms with Gasteiger partial charge in [-0.3, -0.25) is 10.1 Å². The summed E-state index contributed by atoms with van der Waals surface area (Å²) in [5.41, 5.74) is -0.690. The van der Waals surface area contributed by atoms with Crippen LogP contribution in [0.4, 0.5) is 11.4 Å². The largest absolute Gasteiger partial charge is 0.477 e. The molecule has 7 nitrogen and oxygen atoms in total. The van der Waals surface area contributed by atoms with E-state index >= 15 is 0 Å². The third kappa shape index (κ3) is 3.92. The topological polar surface area (TPSA) is 113 Å². The van der Waals surface area contributed by atoms with E-state index in [9.17, 15) is 20.0 Å². The summed E-state index contributed by atoms with van der Waals surface area (Å²) in [5.74, 6) is -1.35. The molecule has 0 saturated heterocycles. The smallest absolute Gasteiger partial charge is 0.342 e. The monoisotopic (exact) mass is 268 g/mol. The summed E-state index contributed by atoms with van der Waals surface area (Å²) in [5, 5.41) is 32.1.